The molecule has 6 aliphatic rings. The summed E-state index contributed by atoms with van der Waals surface area (Å²) < 4.78 is 11.8. The van der Waals surface area contributed by atoms with Crippen molar-refractivity contribution in [2.24, 2.45) is 62.1 Å². The minimum Gasteiger partial charge on any atom is -0.481 e. The molecule has 0 spiro atoms. The van der Waals surface area contributed by atoms with E-state index in [-0.39, 0.29) is 52.0 Å². The van der Waals surface area contributed by atoms with Crippen LogP contribution in [0.25, 0.3) is 0 Å². The molecule has 1 amide bonds. The van der Waals surface area contributed by atoms with Crippen LogP contribution in [0.15, 0.2) is 12.2 Å². The summed E-state index contributed by atoms with van der Waals surface area (Å²) in [4.78, 5) is 40.1. The van der Waals surface area contributed by atoms with Gasteiger partial charge in [0.2, 0.25) is 5.91 Å². The highest BCUT2D eigenvalue weighted by Crippen LogP contribution is 2.78. The van der Waals surface area contributed by atoms with Crippen LogP contribution in [-0.4, -0.2) is 60.3 Å². The number of carbonyl (C=O) groups excluding carboxylic acids is 2. The zero-order valence-electron chi connectivity index (χ0n) is 32.8. The average molecular weight is 696 g/mol. The van der Waals surface area contributed by atoms with Crippen LogP contribution in [0.2, 0.25) is 0 Å². The van der Waals surface area contributed by atoms with E-state index in [0.717, 1.165) is 38.8 Å². The molecule has 6 rings (SSSR count). The molecule has 7 heteroatoms. The maximum absolute atomic E-state index is 13.4. The molecule has 0 aromatic carbocycles. The van der Waals surface area contributed by atoms with E-state index in [1.54, 1.807) is 0 Å². The Labute approximate surface area is 303 Å². The fourth-order valence-electron chi connectivity index (χ4n) is 14.3. The first-order valence-corrected chi connectivity index (χ1v) is 20.2. The third-order valence-corrected chi connectivity index (χ3v) is 16.9. The summed E-state index contributed by atoms with van der Waals surface area (Å²) in [5, 5.41) is 9.34. The van der Waals surface area contributed by atoms with Gasteiger partial charge >= 0.3 is 11.9 Å². The molecule has 5 saturated carbocycles. The fraction of sp³-hybridized carbons (Fsp3) is 0.884. The Bertz CT molecular complexity index is 1350. The average Bonchev–Trinajstić information content (AvgIpc) is 3.41. The minimum absolute atomic E-state index is 0.0431. The Morgan fingerprint density at radius 3 is 2.22 bits per heavy atom. The predicted octanol–water partition coefficient (Wildman–Crippen LogP) is 9.09. The van der Waals surface area contributed by atoms with Crippen molar-refractivity contribution in [1.82, 2.24) is 4.90 Å². The van der Waals surface area contributed by atoms with E-state index in [1.807, 2.05) is 18.7 Å². The first-order valence-electron chi connectivity index (χ1n) is 20.2. The summed E-state index contributed by atoms with van der Waals surface area (Å²) in [6.45, 7) is 25.9. The van der Waals surface area contributed by atoms with Crippen molar-refractivity contribution in [3.05, 3.63) is 12.2 Å². The number of hydrogen-bond donors (Lipinski definition) is 1. The molecule has 50 heavy (non-hydrogen) atoms. The molecule has 10 atom stereocenters. The van der Waals surface area contributed by atoms with Crippen molar-refractivity contribution in [2.75, 3.05) is 26.3 Å². The maximum Gasteiger partial charge on any atom is 0.306 e. The van der Waals surface area contributed by atoms with Gasteiger partial charge in [-0.25, -0.2) is 0 Å². The second-order valence-electron chi connectivity index (χ2n) is 20.3. The van der Waals surface area contributed by atoms with E-state index in [2.05, 4.69) is 48.1 Å². The molecule has 0 radical (unpaired) electrons. The second-order valence-corrected chi connectivity index (χ2v) is 20.3. The molecule has 0 aromatic heterocycles. The molecule has 0 aromatic rings. The Kier molecular flexibility index (Phi) is 9.99. The monoisotopic (exact) mass is 696 g/mol. The summed E-state index contributed by atoms with van der Waals surface area (Å²) in [5.41, 5.74) is 1.47. The van der Waals surface area contributed by atoms with Gasteiger partial charge in [0, 0.05) is 24.9 Å². The number of hydrogen-bond acceptors (Lipinski definition) is 5. The third kappa shape index (κ3) is 6.19. The zero-order chi connectivity index (χ0) is 36.5. The lowest BCUT2D eigenvalue weighted by Gasteiger charge is -2.73. The van der Waals surface area contributed by atoms with Gasteiger partial charge in [0.1, 0.15) is 6.10 Å². The molecule has 5 aliphatic carbocycles. The smallest absolute Gasteiger partial charge is 0.306 e. The van der Waals surface area contributed by atoms with Crippen LogP contribution < -0.4 is 0 Å². The van der Waals surface area contributed by atoms with E-state index in [4.69, 9.17) is 9.47 Å². The number of rotatable bonds is 9. The standard InChI is InChI=1S/C43H69NO6/c1-28(2)29-12-18-43(19-15-34(45)44-22-24-49-25-23-44)21-20-41(8)30(37(29)43)10-11-32-40(7)16-14-33(39(5,6)31(40)13-17-42(32,41)9)50-36(48)27-38(3,4)26-35(46)47/h29-33,37H,1,10-27H2,2-9H3,(H,46,47)/t29-,30+,31-,32+,33-,37+,40-,41+,42+,43-/m0/s1. The number of amides is 1. The second kappa shape index (κ2) is 13.2. The number of nitrogens with zero attached hydrogens (tertiary/aromatic N) is 1. The number of esters is 1. The highest BCUT2D eigenvalue weighted by molar-refractivity contribution is 5.76. The van der Waals surface area contributed by atoms with Crippen molar-refractivity contribution in [3.8, 4) is 0 Å². The van der Waals surface area contributed by atoms with E-state index in [1.165, 1.54) is 50.5 Å². The van der Waals surface area contributed by atoms with Gasteiger partial charge < -0.3 is 19.5 Å². The van der Waals surface area contributed by atoms with Crippen molar-refractivity contribution >= 4 is 17.8 Å². The number of ether oxygens (including phenoxy) is 2. The molecule has 1 saturated heterocycles. The van der Waals surface area contributed by atoms with E-state index in [0.29, 0.717) is 55.1 Å². The van der Waals surface area contributed by atoms with Gasteiger partial charge in [-0.1, -0.05) is 60.6 Å². The molecule has 7 nitrogen and oxygen atoms in total. The van der Waals surface area contributed by atoms with Crippen molar-refractivity contribution in [3.63, 3.8) is 0 Å². The summed E-state index contributed by atoms with van der Waals surface area (Å²) in [5.74, 6) is 2.09. The largest absolute Gasteiger partial charge is 0.481 e. The van der Waals surface area contributed by atoms with Crippen molar-refractivity contribution < 1.29 is 29.0 Å². The van der Waals surface area contributed by atoms with Crippen LogP contribution in [0.4, 0.5) is 0 Å². The lowest BCUT2D eigenvalue weighted by Crippen LogP contribution is -2.66. The minimum atomic E-state index is -0.879. The number of aliphatic carboxylic acids is 1. The number of allylic oxidation sites excluding steroid dienone is 1. The summed E-state index contributed by atoms with van der Waals surface area (Å²) >= 11 is 0. The third-order valence-electron chi connectivity index (χ3n) is 16.9. The van der Waals surface area contributed by atoms with Crippen LogP contribution >= 0.6 is 0 Å². The molecular weight excluding hydrogens is 626 g/mol. The van der Waals surface area contributed by atoms with Gasteiger partial charge in [0.05, 0.1) is 26.1 Å². The van der Waals surface area contributed by atoms with E-state index < -0.39 is 11.4 Å². The van der Waals surface area contributed by atoms with Crippen LogP contribution in [0, 0.1) is 62.1 Å². The zero-order valence-corrected chi connectivity index (χ0v) is 32.8. The molecule has 1 aliphatic heterocycles. The number of carboxylic acids is 1. The van der Waals surface area contributed by atoms with E-state index in [9.17, 15) is 19.5 Å². The van der Waals surface area contributed by atoms with Crippen LogP contribution in [0.3, 0.4) is 0 Å². The molecular formula is C43H69NO6. The topological polar surface area (TPSA) is 93.1 Å². The van der Waals surface area contributed by atoms with Crippen LogP contribution in [-0.2, 0) is 23.9 Å². The number of fused-ring (bicyclic) bond motifs is 7. The number of carbonyl (C=O) groups is 3. The van der Waals surface area contributed by atoms with Crippen molar-refractivity contribution in [1.29, 1.82) is 0 Å². The van der Waals surface area contributed by atoms with Gasteiger partial charge in [-0.05, 0) is 134 Å². The van der Waals surface area contributed by atoms with E-state index >= 15 is 0 Å². The SMILES string of the molecule is C=C(C)[C@@H]1CC[C@]2(CCC(=O)N3CCOCC3)CC[C@]3(C)[C@H](CC[C@@H]4[C@@]5(C)CC[C@H](OC(=O)CC(C)(C)CC(=O)O)C(C)(C)[C@@H]5CC[C@]43C)[C@@H]12. The molecule has 1 heterocycles. The molecule has 1 N–H and O–H groups in total. The lowest BCUT2D eigenvalue weighted by molar-refractivity contribution is -0.250. The number of morpholine rings is 1. The van der Waals surface area contributed by atoms with Crippen LogP contribution in [0.1, 0.15) is 145 Å². The molecule has 6 fully saturated rings. The first kappa shape index (κ1) is 37.9. The maximum atomic E-state index is 13.4. The summed E-state index contributed by atoms with van der Waals surface area (Å²) in [6.07, 6.45) is 13.4. The molecule has 0 bridgehead atoms. The molecule has 0 unspecified atom stereocenters. The normalized spacial score (nSPS) is 42.4. The Balaban J connectivity index is 1.21. The van der Waals surface area contributed by atoms with Gasteiger partial charge in [0.25, 0.3) is 0 Å². The van der Waals surface area contributed by atoms with Gasteiger partial charge in [0.15, 0.2) is 0 Å². The van der Waals surface area contributed by atoms with Crippen LogP contribution in [0.5, 0.6) is 0 Å². The summed E-state index contributed by atoms with van der Waals surface area (Å²) in [7, 11) is 0. The highest BCUT2D eigenvalue weighted by Gasteiger charge is 2.71. The lowest BCUT2D eigenvalue weighted by atomic mass is 9.32. The highest BCUT2D eigenvalue weighted by atomic mass is 16.5. The Morgan fingerprint density at radius 2 is 1.56 bits per heavy atom. The number of carboxylic acid groups (broad SMARTS) is 1. The van der Waals surface area contributed by atoms with Gasteiger partial charge in [-0.3, -0.25) is 14.4 Å². The molecule has 282 valence electrons. The van der Waals surface area contributed by atoms with Gasteiger partial charge in [-0.2, -0.15) is 0 Å². The predicted molar refractivity (Wildman–Crippen MR) is 196 cm³/mol. The fourth-order valence-corrected chi connectivity index (χ4v) is 14.3. The van der Waals surface area contributed by atoms with Crippen molar-refractivity contribution in [2.45, 2.75) is 151 Å². The summed E-state index contributed by atoms with van der Waals surface area (Å²) in [6, 6.07) is 0. The van der Waals surface area contributed by atoms with Gasteiger partial charge in [-0.15, -0.1) is 0 Å². The quantitative estimate of drug-likeness (QED) is 0.191. The first-order chi connectivity index (χ1) is 23.3. The Hall–Kier alpha value is -1.89. The Morgan fingerprint density at radius 1 is 0.860 bits per heavy atom.